The van der Waals surface area contributed by atoms with Gasteiger partial charge in [0.25, 0.3) is 0 Å². The van der Waals surface area contributed by atoms with Crippen LogP contribution in [0.5, 0.6) is 0 Å². The Bertz CT molecular complexity index is 645. The highest BCUT2D eigenvalue weighted by molar-refractivity contribution is 7.89. The topological polar surface area (TPSA) is 101 Å². The average Bonchev–Trinajstić information content (AvgIpc) is 2.55. The average molecular weight is 283 g/mol. The molecule has 0 aromatic heterocycles. The van der Waals surface area contributed by atoms with Crippen LogP contribution in [-0.4, -0.2) is 19.9 Å². The molecule has 1 aliphatic rings. The standard InChI is InChI=1S/C12H17N3O3S/c1-12(2,3)15-19(17,18)8-4-7-5-10(16)14-11(7)9(13)6-8/h4,6,15H,5,13H2,1-3H3,(H,14,16). The zero-order valence-corrected chi connectivity index (χ0v) is 11.9. The molecule has 1 aromatic carbocycles. The van der Waals surface area contributed by atoms with Crippen LogP contribution in [0.3, 0.4) is 0 Å². The Morgan fingerprint density at radius 1 is 1.32 bits per heavy atom. The van der Waals surface area contributed by atoms with Crippen molar-refractivity contribution in [3.05, 3.63) is 17.7 Å². The molecule has 0 aliphatic carbocycles. The first-order valence-electron chi connectivity index (χ1n) is 5.85. The Hall–Kier alpha value is -1.60. The monoisotopic (exact) mass is 283 g/mol. The molecule has 104 valence electrons. The van der Waals surface area contributed by atoms with Crippen molar-refractivity contribution >= 4 is 27.3 Å². The van der Waals surface area contributed by atoms with E-state index in [9.17, 15) is 13.2 Å². The number of anilines is 2. The van der Waals surface area contributed by atoms with Crippen LogP contribution in [0.4, 0.5) is 11.4 Å². The van der Waals surface area contributed by atoms with Gasteiger partial charge in [-0.1, -0.05) is 0 Å². The number of hydrogen-bond donors (Lipinski definition) is 3. The van der Waals surface area contributed by atoms with Gasteiger partial charge >= 0.3 is 0 Å². The summed E-state index contributed by atoms with van der Waals surface area (Å²) in [6.45, 7) is 5.27. The first kappa shape index (κ1) is 13.8. The molecule has 4 N–H and O–H groups in total. The van der Waals surface area contributed by atoms with Crippen LogP contribution in [0.25, 0.3) is 0 Å². The predicted octanol–water partition coefficient (Wildman–Crippen LogP) is 0.840. The molecule has 0 radical (unpaired) electrons. The second-order valence-corrected chi connectivity index (χ2v) is 7.31. The highest BCUT2D eigenvalue weighted by atomic mass is 32.2. The van der Waals surface area contributed by atoms with Crippen LogP contribution >= 0.6 is 0 Å². The van der Waals surface area contributed by atoms with E-state index in [0.29, 0.717) is 11.3 Å². The minimum atomic E-state index is -3.65. The lowest BCUT2D eigenvalue weighted by atomic mass is 10.1. The Balaban J connectivity index is 2.46. The summed E-state index contributed by atoms with van der Waals surface area (Å²) in [6.07, 6.45) is 0.151. The van der Waals surface area contributed by atoms with Crippen molar-refractivity contribution in [1.82, 2.24) is 4.72 Å². The van der Waals surface area contributed by atoms with Gasteiger partial charge in [-0.15, -0.1) is 0 Å². The van der Waals surface area contributed by atoms with E-state index in [1.165, 1.54) is 12.1 Å². The summed E-state index contributed by atoms with van der Waals surface area (Å²) in [4.78, 5) is 11.4. The second kappa shape index (κ2) is 4.21. The second-order valence-electron chi connectivity index (χ2n) is 5.63. The van der Waals surface area contributed by atoms with Crippen molar-refractivity contribution in [3.63, 3.8) is 0 Å². The molecular weight excluding hydrogens is 266 g/mol. The van der Waals surface area contributed by atoms with Crippen molar-refractivity contribution in [2.24, 2.45) is 0 Å². The maximum absolute atomic E-state index is 12.2. The molecule has 1 aromatic rings. The Kier molecular flexibility index (Phi) is 3.06. The van der Waals surface area contributed by atoms with Crippen LogP contribution in [0, 0.1) is 0 Å². The lowest BCUT2D eigenvalue weighted by Gasteiger charge is -2.20. The van der Waals surface area contributed by atoms with E-state index < -0.39 is 15.6 Å². The summed E-state index contributed by atoms with van der Waals surface area (Å²) in [5.74, 6) is -0.181. The number of carbonyl (C=O) groups is 1. The van der Waals surface area contributed by atoms with Crippen LogP contribution in [-0.2, 0) is 21.2 Å². The summed E-state index contributed by atoms with van der Waals surface area (Å²) >= 11 is 0. The number of nitrogens with two attached hydrogens (primary N) is 1. The summed E-state index contributed by atoms with van der Waals surface area (Å²) in [7, 11) is -3.65. The minimum absolute atomic E-state index is 0.0789. The van der Waals surface area contributed by atoms with Gasteiger partial charge < -0.3 is 11.1 Å². The number of sulfonamides is 1. The lowest BCUT2D eigenvalue weighted by molar-refractivity contribution is -0.115. The van der Waals surface area contributed by atoms with Crippen molar-refractivity contribution in [2.75, 3.05) is 11.1 Å². The first-order chi connectivity index (χ1) is 8.58. The Morgan fingerprint density at radius 3 is 2.53 bits per heavy atom. The van der Waals surface area contributed by atoms with Crippen molar-refractivity contribution in [1.29, 1.82) is 0 Å². The number of nitrogen functional groups attached to an aromatic ring is 1. The molecular formula is C12H17N3O3S. The smallest absolute Gasteiger partial charge is 0.241 e. The molecule has 1 aliphatic heterocycles. The zero-order valence-electron chi connectivity index (χ0n) is 11.1. The van der Waals surface area contributed by atoms with Crippen LogP contribution in [0.1, 0.15) is 26.3 Å². The quantitative estimate of drug-likeness (QED) is 0.700. The van der Waals surface area contributed by atoms with Crippen LogP contribution in [0.2, 0.25) is 0 Å². The van der Waals surface area contributed by atoms with E-state index in [-0.39, 0.29) is 22.9 Å². The third-order valence-corrected chi connectivity index (χ3v) is 4.33. The number of nitrogens with one attached hydrogen (secondary N) is 2. The van der Waals surface area contributed by atoms with Crippen LogP contribution < -0.4 is 15.8 Å². The molecule has 1 heterocycles. The van der Waals surface area contributed by atoms with E-state index in [2.05, 4.69) is 10.0 Å². The highest BCUT2D eigenvalue weighted by Crippen LogP contribution is 2.32. The van der Waals surface area contributed by atoms with Gasteiger partial charge in [0.15, 0.2) is 0 Å². The van der Waals surface area contributed by atoms with Gasteiger partial charge in [-0.3, -0.25) is 4.79 Å². The molecule has 0 spiro atoms. The number of amides is 1. The SMILES string of the molecule is CC(C)(C)NS(=O)(=O)c1cc(N)c2c(c1)CC(=O)N2. The molecule has 19 heavy (non-hydrogen) atoms. The Morgan fingerprint density at radius 2 is 1.95 bits per heavy atom. The fraction of sp³-hybridized carbons (Fsp3) is 0.417. The minimum Gasteiger partial charge on any atom is -0.397 e. The molecule has 0 saturated carbocycles. The normalized spacial score (nSPS) is 15.2. The molecule has 1 amide bonds. The molecule has 6 nitrogen and oxygen atoms in total. The fourth-order valence-corrected chi connectivity index (χ4v) is 3.47. The first-order valence-corrected chi connectivity index (χ1v) is 7.33. The van der Waals surface area contributed by atoms with Gasteiger partial charge in [0, 0.05) is 5.54 Å². The molecule has 0 unspecified atom stereocenters. The van der Waals surface area contributed by atoms with E-state index >= 15 is 0 Å². The molecule has 7 heteroatoms. The van der Waals surface area contributed by atoms with Gasteiger partial charge in [0.05, 0.1) is 22.7 Å². The highest BCUT2D eigenvalue weighted by Gasteiger charge is 2.27. The van der Waals surface area contributed by atoms with Gasteiger partial charge in [-0.25, -0.2) is 13.1 Å². The third kappa shape index (κ3) is 2.87. The molecule has 0 bridgehead atoms. The number of hydrogen-bond acceptors (Lipinski definition) is 4. The lowest BCUT2D eigenvalue weighted by Crippen LogP contribution is -2.40. The van der Waals surface area contributed by atoms with Gasteiger partial charge in [-0.05, 0) is 38.5 Å². The van der Waals surface area contributed by atoms with Crippen molar-refractivity contribution in [2.45, 2.75) is 37.6 Å². The van der Waals surface area contributed by atoms with Gasteiger partial charge in [0.1, 0.15) is 0 Å². The molecule has 2 rings (SSSR count). The van der Waals surface area contributed by atoms with Gasteiger partial charge in [-0.2, -0.15) is 0 Å². The zero-order chi connectivity index (χ0) is 14.4. The largest absolute Gasteiger partial charge is 0.397 e. The third-order valence-electron chi connectivity index (χ3n) is 2.59. The molecule has 0 fully saturated rings. The summed E-state index contributed by atoms with van der Waals surface area (Å²) < 4.78 is 27.0. The van der Waals surface area contributed by atoms with E-state index in [1.807, 2.05) is 0 Å². The van der Waals surface area contributed by atoms with Crippen LogP contribution in [0.15, 0.2) is 17.0 Å². The Labute approximate surface area is 112 Å². The van der Waals surface area contributed by atoms with E-state index in [1.54, 1.807) is 20.8 Å². The molecule has 0 saturated heterocycles. The van der Waals surface area contributed by atoms with E-state index in [4.69, 9.17) is 5.73 Å². The maximum atomic E-state index is 12.2. The van der Waals surface area contributed by atoms with Gasteiger partial charge in [0.2, 0.25) is 15.9 Å². The summed E-state index contributed by atoms with van der Waals surface area (Å²) in [5, 5.41) is 2.61. The maximum Gasteiger partial charge on any atom is 0.241 e. The summed E-state index contributed by atoms with van der Waals surface area (Å²) in [6, 6.07) is 2.84. The summed E-state index contributed by atoms with van der Waals surface area (Å²) in [5.41, 5.74) is 6.59. The molecule has 0 atom stereocenters. The van der Waals surface area contributed by atoms with Crippen molar-refractivity contribution < 1.29 is 13.2 Å². The number of rotatable bonds is 2. The van der Waals surface area contributed by atoms with E-state index in [0.717, 1.165) is 0 Å². The number of fused-ring (bicyclic) bond motifs is 1. The fourth-order valence-electron chi connectivity index (χ4n) is 1.96. The number of carbonyl (C=O) groups excluding carboxylic acids is 1. The van der Waals surface area contributed by atoms with Crippen molar-refractivity contribution in [3.8, 4) is 0 Å². The predicted molar refractivity (Wildman–Crippen MR) is 73.3 cm³/mol. The number of benzene rings is 1.